The molecular formula is C15H18N4O2S. The van der Waals surface area contributed by atoms with Gasteiger partial charge in [-0.1, -0.05) is 0 Å². The van der Waals surface area contributed by atoms with Gasteiger partial charge in [-0.3, -0.25) is 4.79 Å². The molecule has 7 heteroatoms. The normalized spacial score (nSPS) is 13.8. The van der Waals surface area contributed by atoms with Gasteiger partial charge in [0.2, 0.25) is 0 Å². The van der Waals surface area contributed by atoms with Gasteiger partial charge in [0.1, 0.15) is 12.1 Å². The zero-order valence-electron chi connectivity index (χ0n) is 12.6. The van der Waals surface area contributed by atoms with Crippen LogP contribution >= 0.6 is 11.3 Å². The van der Waals surface area contributed by atoms with Crippen LogP contribution in [0.4, 0.5) is 5.82 Å². The molecule has 3 heterocycles. The van der Waals surface area contributed by atoms with Gasteiger partial charge in [0.05, 0.1) is 17.2 Å². The average molecular weight is 318 g/mol. The van der Waals surface area contributed by atoms with Gasteiger partial charge in [0.15, 0.2) is 0 Å². The van der Waals surface area contributed by atoms with Gasteiger partial charge in [0, 0.05) is 38.2 Å². The van der Waals surface area contributed by atoms with Crippen LogP contribution in [0, 0.1) is 0 Å². The lowest BCUT2D eigenvalue weighted by Gasteiger charge is -2.27. The first-order valence-corrected chi connectivity index (χ1v) is 7.91. The molecule has 1 aliphatic rings. The van der Waals surface area contributed by atoms with Crippen LogP contribution in [-0.2, 0) is 24.3 Å². The van der Waals surface area contributed by atoms with Crippen LogP contribution in [0.1, 0.15) is 25.8 Å². The van der Waals surface area contributed by atoms with Crippen molar-refractivity contribution in [2.45, 2.75) is 19.6 Å². The highest BCUT2D eigenvalue weighted by molar-refractivity contribution is 7.14. The van der Waals surface area contributed by atoms with Crippen LogP contribution in [0.2, 0.25) is 0 Å². The summed E-state index contributed by atoms with van der Waals surface area (Å²) < 4.78 is 5.12. The quantitative estimate of drug-likeness (QED) is 0.927. The van der Waals surface area contributed by atoms with Crippen LogP contribution in [0.3, 0.4) is 0 Å². The first-order chi connectivity index (χ1) is 10.7. The maximum atomic E-state index is 11.8. The van der Waals surface area contributed by atoms with Crippen LogP contribution in [0.25, 0.3) is 0 Å². The Balaban J connectivity index is 1.80. The highest BCUT2D eigenvalue weighted by Crippen LogP contribution is 2.30. The maximum absolute atomic E-state index is 11.8. The predicted molar refractivity (Wildman–Crippen MR) is 85.2 cm³/mol. The van der Waals surface area contributed by atoms with E-state index in [2.05, 4.69) is 20.2 Å². The van der Waals surface area contributed by atoms with E-state index in [9.17, 15) is 4.79 Å². The number of nitrogens with zero attached hydrogens (tertiary/aromatic N) is 3. The fourth-order valence-corrected chi connectivity index (χ4v) is 3.66. The molecule has 0 bridgehead atoms. The molecule has 0 aliphatic carbocycles. The van der Waals surface area contributed by atoms with Crippen LogP contribution in [0.15, 0.2) is 18.5 Å². The molecule has 0 unspecified atom stereocenters. The Kier molecular flexibility index (Phi) is 4.35. The molecule has 0 aromatic carbocycles. The van der Waals surface area contributed by atoms with E-state index in [1.807, 2.05) is 12.1 Å². The number of carbonyl (C=O) groups is 1. The number of hydrogen-bond donors (Lipinski definition) is 1. The molecule has 0 radical (unpaired) electrons. The number of carbonyl (C=O) groups excluding carboxylic acids is 1. The third kappa shape index (κ3) is 2.95. The molecule has 2 aromatic rings. The van der Waals surface area contributed by atoms with Gasteiger partial charge in [-0.25, -0.2) is 9.97 Å². The van der Waals surface area contributed by atoms with E-state index in [1.165, 1.54) is 10.4 Å². The predicted octanol–water partition coefficient (Wildman–Crippen LogP) is 1.61. The summed E-state index contributed by atoms with van der Waals surface area (Å²) in [6.07, 6.45) is 2.50. The average Bonchev–Trinajstić information content (AvgIpc) is 2.98. The Labute approximate surface area is 133 Å². The molecular weight excluding hydrogens is 300 g/mol. The van der Waals surface area contributed by atoms with Crippen molar-refractivity contribution in [1.29, 1.82) is 0 Å². The molecule has 1 amide bonds. The topological polar surface area (TPSA) is 67.4 Å². The molecule has 6 nitrogen and oxygen atoms in total. The van der Waals surface area contributed by atoms with Crippen molar-refractivity contribution in [2.75, 3.05) is 25.6 Å². The SMILES string of the molecule is CNC(=O)c1cc2c(s1)CCN(c1cc(COC)ncn1)C2. The van der Waals surface area contributed by atoms with Crippen molar-refractivity contribution in [3.8, 4) is 0 Å². The second-order valence-corrected chi connectivity index (χ2v) is 6.25. The van der Waals surface area contributed by atoms with E-state index < -0.39 is 0 Å². The third-order valence-electron chi connectivity index (χ3n) is 3.64. The first-order valence-electron chi connectivity index (χ1n) is 7.09. The van der Waals surface area contributed by atoms with Gasteiger partial charge in [-0.2, -0.15) is 0 Å². The Bertz CT molecular complexity index is 686. The number of aromatic nitrogens is 2. The Hall–Kier alpha value is -1.99. The zero-order chi connectivity index (χ0) is 15.5. The van der Waals surface area contributed by atoms with Gasteiger partial charge in [0.25, 0.3) is 5.91 Å². The number of hydrogen-bond acceptors (Lipinski definition) is 6. The number of ether oxygens (including phenoxy) is 1. The lowest BCUT2D eigenvalue weighted by atomic mass is 10.1. The molecule has 1 N–H and O–H groups in total. The van der Waals surface area contributed by atoms with E-state index in [4.69, 9.17) is 4.74 Å². The second-order valence-electron chi connectivity index (χ2n) is 5.11. The van der Waals surface area contributed by atoms with Crippen molar-refractivity contribution in [1.82, 2.24) is 15.3 Å². The standard InChI is InChI=1S/C15H18N4O2S/c1-16-15(20)13-5-10-7-19(4-3-12(10)22-13)14-6-11(8-21-2)17-9-18-14/h5-6,9H,3-4,7-8H2,1-2H3,(H,16,20). The Morgan fingerprint density at radius 2 is 2.32 bits per heavy atom. The monoisotopic (exact) mass is 318 g/mol. The summed E-state index contributed by atoms with van der Waals surface area (Å²) >= 11 is 1.59. The molecule has 0 saturated heterocycles. The van der Waals surface area contributed by atoms with E-state index in [1.54, 1.807) is 31.8 Å². The zero-order valence-corrected chi connectivity index (χ0v) is 13.4. The maximum Gasteiger partial charge on any atom is 0.261 e. The summed E-state index contributed by atoms with van der Waals surface area (Å²) in [7, 11) is 3.31. The van der Waals surface area contributed by atoms with Gasteiger partial charge >= 0.3 is 0 Å². The summed E-state index contributed by atoms with van der Waals surface area (Å²) in [6, 6.07) is 3.95. The minimum Gasteiger partial charge on any atom is -0.378 e. The molecule has 2 aromatic heterocycles. The lowest BCUT2D eigenvalue weighted by molar-refractivity contribution is 0.0967. The summed E-state index contributed by atoms with van der Waals surface area (Å²) in [5.74, 6) is 0.885. The molecule has 0 atom stereocenters. The molecule has 116 valence electrons. The lowest BCUT2D eigenvalue weighted by Crippen LogP contribution is -2.30. The summed E-state index contributed by atoms with van der Waals surface area (Å²) in [6.45, 7) is 2.14. The van der Waals surface area contributed by atoms with Crippen molar-refractivity contribution in [2.24, 2.45) is 0 Å². The number of amides is 1. The van der Waals surface area contributed by atoms with Crippen molar-refractivity contribution >= 4 is 23.1 Å². The summed E-state index contributed by atoms with van der Waals surface area (Å²) in [5, 5.41) is 2.68. The van der Waals surface area contributed by atoms with E-state index in [-0.39, 0.29) is 5.91 Å². The van der Waals surface area contributed by atoms with Gasteiger partial charge in [-0.05, 0) is 18.1 Å². The van der Waals surface area contributed by atoms with E-state index in [0.29, 0.717) is 6.61 Å². The minimum atomic E-state index is -0.0182. The Morgan fingerprint density at radius 1 is 1.45 bits per heavy atom. The Morgan fingerprint density at radius 3 is 3.09 bits per heavy atom. The summed E-state index contributed by atoms with van der Waals surface area (Å²) in [4.78, 5) is 24.6. The number of nitrogens with one attached hydrogen (secondary N) is 1. The molecule has 3 rings (SSSR count). The minimum absolute atomic E-state index is 0.0182. The van der Waals surface area contributed by atoms with Crippen LogP contribution in [-0.4, -0.2) is 36.6 Å². The molecule has 1 aliphatic heterocycles. The first kappa shape index (κ1) is 14.9. The highest BCUT2D eigenvalue weighted by atomic mass is 32.1. The van der Waals surface area contributed by atoms with Crippen LogP contribution in [0.5, 0.6) is 0 Å². The number of thiophene rings is 1. The number of fused-ring (bicyclic) bond motifs is 1. The van der Waals surface area contributed by atoms with Gasteiger partial charge in [-0.15, -0.1) is 11.3 Å². The van der Waals surface area contributed by atoms with Crippen molar-refractivity contribution in [3.63, 3.8) is 0 Å². The third-order valence-corrected chi connectivity index (χ3v) is 4.88. The second kappa shape index (κ2) is 6.41. The fourth-order valence-electron chi connectivity index (χ4n) is 2.55. The largest absolute Gasteiger partial charge is 0.378 e. The number of rotatable bonds is 4. The van der Waals surface area contributed by atoms with Crippen molar-refractivity contribution in [3.05, 3.63) is 39.5 Å². The molecule has 0 spiro atoms. The molecule has 0 saturated carbocycles. The van der Waals surface area contributed by atoms with E-state index >= 15 is 0 Å². The number of methoxy groups -OCH3 is 1. The fraction of sp³-hybridized carbons (Fsp3) is 0.400. The smallest absolute Gasteiger partial charge is 0.261 e. The van der Waals surface area contributed by atoms with Gasteiger partial charge < -0.3 is 15.0 Å². The number of anilines is 1. The van der Waals surface area contributed by atoms with Crippen LogP contribution < -0.4 is 10.2 Å². The van der Waals surface area contributed by atoms with Crippen molar-refractivity contribution < 1.29 is 9.53 Å². The highest BCUT2D eigenvalue weighted by Gasteiger charge is 2.22. The summed E-state index contributed by atoms with van der Waals surface area (Å²) in [5.41, 5.74) is 2.08. The molecule has 22 heavy (non-hydrogen) atoms. The molecule has 0 fully saturated rings. The van der Waals surface area contributed by atoms with E-state index in [0.717, 1.165) is 35.9 Å².